The molecule has 0 aromatic heterocycles. The Labute approximate surface area is 142 Å². The molecule has 1 heterocycles. The summed E-state index contributed by atoms with van der Waals surface area (Å²) >= 11 is 0. The van der Waals surface area contributed by atoms with Crippen LogP contribution in [0.3, 0.4) is 0 Å². The van der Waals surface area contributed by atoms with Crippen molar-refractivity contribution < 1.29 is 13.2 Å². The number of hydrogen-bond donors (Lipinski definition) is 0. The van der Waals surface area contributed by atoms with E-state index >= 15 is 0 Å². The lowest BCUT2D eigenvalue weighted by Gasteiger charge is -2.34. The minimum Gasteiger partial charge on any atom is -0.340 e. The molecule has 1 aliphatic heterocycles. The maximum absolute atomic E-state index is 12.9. The van der Waals surface area contributed by atoms with Gasteiger partial charge in [0.25, 0.3) is 0 Å². The minimum atomic E-state index is -3.52. The summed E-state index contributed by atoms with van der Waals surface area (Å²) in [6.07, 6.45) is 1.34. The van der Waals surface area contributed by atoms with Gasteiger partial charge in [-0.1, -0.05) is 37.3 Å². The van der Waals surface area contributed by atoms with Gasteiger partial charge in [-0.25, -0.2) is 8.42 Å². The Kier molecular flexibility index (Phi) is 4.87. The highest BCUT2D eigenvalue weighted by Gasteiger charge is 2.29. The molecule has 0 radical (unpaired) electrons. The standard InChI is InChI=1S/C18H22N2O3S/c1-2-5-18(21)19-10-12-20(13-11-19)24(22,23)17-9-8-15-6-3-4-7-16(15)14-17/h3-4,6-9,14H,2,5,10-13H2,1H3. The number of rotatable bonds is 4. The molecule has 1 saturated heterocycles. The van der Waals surface area contributed by atoms with Gasteiger partial charge in [0.2, 0.25) is 15.9 Å². The molecule has 128 valence electrons. The molecule has 0 bridgehead atoms. The number of fused-ring (bicyclic) bond motifs is 1. The Bertz CT molecular complexity index is 840. The first-order valence-electron chi connectivity index (χ1n) is 8.29. The molecule has 1 aliphatic rings. The first-order chi connectivity index (χ1) is 11.5. The summed E-state index contributed by atoms with van der Waals surface area (Å²) in [6.45, 7) is 3.60. The number of piperazine rings is 1. The number of amides is 1. The topological polar surface area (TPSA) is 57.7 Å². The summed E-state index contributed by atoms with van der Waals surface area (Å²) < 4.78 is 27.2. The van der Waals surface area contributed by atoms with Gasteiger partial charge in [-0.15, -0.1) is 0 Å². The van der Waals surface area contributed by atoms with Crippen molar-refractivity contribution in [2.45, 2.75) is 24.7 Å². The van der Waals surface area contributed by atoms with Crippen molar-refractivity contribution >= 4 is 26.7 Å². The van der Waals surface area contributed by atoms with Crippen LogP contribution in [-0.4, -0.2) is 49.7 Å². The number of carbonyl (C=O) groups excluding carboxylic acids is 1. The zero-order chi connectivity index (χ0) is 17.2. The van der Waals surface area contributed by atoms with Gasteiger partial charge in [-0.05, 0) is 29.3 Å². The van der Waals surface area contributed by atoms with Crippen molar-refractivity contribution in [1.29, 1.82) is 0 Å². The van der Waals surface area contributed by atoms with E-state index in [-0.39, 0.29) is 5.91 Å². The SMILES string of the molecule is CCCC(=O)N1CCN(S(=O)(=O)c2ccc3ccccc3c2)CC1. The third-order valence-electron chi connectivity index (χ3n) is 4.41. The van der Waals surface area contributed by atoms with Crippen molar-refractivity contribution in [3.8, 4) is 0 Å². The van der Waals surface area contributed by atoms with E-state index in [1.165, 1.54) is 4.31 Å². The van der Waals surface area contributed by atoms with Gasteiger partial charge in [-0.2, -0.15) is 4.31 Å². The molecule has 0 saturated carbocycles. The third-order valence-corrected chi connectivity index (χ3v) is 6.31. The molecule has 0 spiro atoms. The van der Waals surface area contributed by atoms with Crippen LogP contribution in [0.1, 0.15) is 19.8 Å². The van der Waals surface area contributed by atoms with Crippen LogP contribution in [0.25, 0.3) is 10.8 Å². The minimum absolute atomic E-state index is 0.111. The molecule has 1 amide bonds. The van der Waals surface area contributed by atoms with E-state index in [0.29, 0.717) is 37.5 Å². The fourth-order valence-corrected chi connectivity index (χ4v) is 4.48. The van der Waals surface area contributed by atoms with E-state index in [9.17, 15) is 13.2 Å². The average molecular weight is 346 g/mol. The molecule has 5 nitrogen and oxygen atoms in total. The van der Waals surface area contributed by atoms with Crippen molar-refractivity contribution in [1.82, 2.24) is 9.21 Å². The van der Waals surface area contributed by atoms with Crippen LogP contribution in [-0.2, 0) is 14.8 Å². The van der Waals surface area contributed by atoms with Crippen molar-refractivity contribution in [2.24, 2.45) is 0 Å². The Morgan fingerprint density at radius 2 is 1.67 bits per heavy atom. The average Bonchev–Trinajstić information content (AvgIpc) is 2.61. The maximum Gasteiger partial charge on any atom is 0.243 e. The van der Waals surface area contributed by atoms with Crippen molar-refractivity contribution in [3.63, 3.8) is 0 Å². The monoisotopic (exact) mass is 346 g/mol. The fraction of sp³-hybridized carbons (Fsp3) is 0.389. The highest BCUT2D eigenvalue weighted by Crippen LogP contribution is 2.23. The lowest BCUT2D eigenvalue weighted by Crippen LogP contribution is -2.50. The molecule has 6 heteroatoms. The molecule has 0 N–H and O–H groups in total. The van der Waals surface area contributed by atoms with E-state index in [4.69, 9.17) is 0 Å². The van der Waals surface area contributed by atoms with Gasteiger partial charge in [0, 0.05) is 32.6 Å². The summed E-state index contributed by atoms with van der Waals surface area (Å²) in [4.78, 5) is 14.0. The van der Waals surface area contributed by atoms with Crippen molar-refractivity contribution in [3.05, 3.63) is 42.5 Å². The highest BCUT2D eigenvalue weighted by atomic mass is 32.2. The summed E-state index contributed by atoms with van der Waals surface area (Å²) in [5, 5.41) is 1.93. The van der Waals surface area contributed by atoms with Gasteiger partial charge in [0.05, 0.1) is 4.90 Å². The normalized spacial score (nSPS) is 16.5. The second-order valence-electron chi connectivity index (χ2n) is 6.04. The Morgan fingerprint density at radius 1 is 1.00 bits per heavy atom. The second-order valence-corrected chi connectivity index (χ2v) is 7.98. The van der Waals surface area contributed by atoms with Gasteiger partial charge in [0.15, 0.2) is 0 Å². The molecule has 1 fully saturated rings. The van der Waals surface area contributed by atoms with Gasteiger partial charge >= 0.3 is 0 Å². The van der Waals surface area contributed by atoms with Crippen LogP contribution >= 0.6 is 0 Å². The van der Waals surface area contributed by atoms with E-state index in [1.54, 1.807) is 17.0 Å². The Balaban J connectivity index is 1.77. The molecule has 0 aliphatic carbocycles. The first-order valence-corrected chi connectivity index (χ1v) is 9.73. The zero-order valence-electron chi connectivity index (χ0n) is 13.8. The first kappa shape index (κ1) is 16.9. The summed E-state index contributed by atoms with van der Waals surface area (Å²) in [5.41, 5.74) is 0. The molecule has 0 atom stereocenters. The van der Waals surface area contributed by atoms with Crippen LogP contribution in [0, 0.1) is 0 Å². The molecule has 3 rings (SSSR count). The molecule has 24 heavy (non-hydrogen) atoms. The summed E-state index contributed by atoms with van der Waals surface area (Å²) in [6, 6.07) is 12.9. The van der Waals surface area contributed by atoms with Gasteiger partial charge in [0.1, 0.15) is 0 Å². The van der Waals surface area contributed by atoms with Gasteiger partial charge in [-0.3, -0.25) is 4.79 Å². The number of nitrogens with zero attached hydrogens (tertiary/aromatic N) is 2. The predicted octanol–water partition coefficient (Wildman–Crippen LogP) is 2.47. The van der Waals surface area contributed by atoms with E-state index < -0.39 is 10.0 Å². The smallest absolute Gasteiger partial charge is 0.243 e. The maximum atomic E-state index is 12.9. The molecular weight excluding hydrogens is 324 g/mol. The lowest BCUT2D eigenvalue weighted by molar-refractivity contribution is -0.132. The Hall–Kier alpha value is -1.92. The van der Waals surface area contributed by atoms with E-state index in [1.807, 2.05) is 37.3 Å². The molecular formula is C18H22N2O3S. The van der Waals surface area contributed by atoms with Crippen LogP contribution < -0.4 is 0 Å². The largest absolute Gasteiger partial charge is 0.340 e. The van der Waals surface area contributed by atoms with Crippen LogP contribution in [0.4, 0.5) is 0 Å². The summed E-state index contributed by atoms with van der Waals surface area (Å²) in [5.74, 6) is 0.111. The Morgan fingerprint density at radius 3 is 2.33 bits per heavy atom. The third kappa shape index (κ3) is 3.30. The van der Waals surface area contributed by atoms with Crippen molar-refractivity contribution in [2.75, 3.05) is 26.2 Å². The number of hydrogen-bond acceptors (Lipinski definition) is 3. The van der Waals surface area contributed by atoms with Crippen LogP contribution in [0.2, 0.25) is 0 Å². The lowest BCUT2D eigenvalue weighted by atomic mass is 10.1. The molecule has 2 aromatic carbocycles. The number of benzene rings is 2. The van der Waals surface area contributed by atoms with Crippen LogP contribution in [0.5, 0.6) is 0 Å². The summed E-state index contributed by atoms with van der Waals surface area (Å²) in [7, 11) is -3.52. The molecule has 0 unspecified atom stereocenters. The predicted molar refractivity (Wildman–Crippen MR) is 94.2 cm³/mol. The van der Waals surface area contributed by atoms with E-state index in [0.717, 1.165) is 17.2 Å². The van der Waals surface area contributed by atoms with Crippen LogP contribution in [0.15, 0.2) is 47.4 Å². The molecule has 2 aromatic rings. The number of sulfonamides is 1. The zero-order valence-corrected chi connectivity index (χ0v) is 14.6. The highest BCUT2D eigenvalue weighted by molar-refractivity contribution is 7.89. The second kappa shape index (κ2) is 6.91. The number of carbonyl (C=O) groups is 1. The van der Waals surface area contributed by atoms with Gasteiger partial charge < -0.3 is 4.90 Å². The van der Waals surface area contributed by atoms with E-state index in [2.05, 4.69) is 0 Å². The fourth-order valence-electron chi connectivity index (χ4n) is 3.03. The quantitative estimate of drug-likeness (QED) is 0.854.